The van der Waals surface area contributed by atoms with Crippen LogP contribution in [0, 0.1) is 10.5 Å². The summed E-state index contributed by atoms with van der Waals surface area (Å²) in [6, 6.07) is 11.7. The van der Waals surface area contributed by atoms with Gasteiger partial charge in [-0.05, 0) is 71.5 Å². The zero-order valence-electron chi connectivity index (χ0n) is 13.9. The summed E-state index contributed by atoms with van der Waals surface area (Å²) >= 11 is 3.10. The van der Waals surface area contributed by atoms with Gasteiger partial charge in [0.25, 0.3) is 0 Å². The van der Waals surface area contributed by atoms with Crippen LogP contribution in [0.25, 0.3) is 0 Å². The predicted molar refractivity (Wildman–Crippen MR) is 107 cm³/mol. The first-order chi connectivity index (χ1) is 11.5. The van der Waals surface area contributed by atoms with Crippen LogP contribution in [0.3, 0.4) is 0 Å². The number of amides is 1. The van der Waals surface area contributed by atoms with Crippen molar-refractivity contribution in [3.63, 3.8) is 0 Å². The fraction of sp³-hybridized carbons (Fsp3) is 0.278. The second-order valence-electron chi connectivity index (χ2n) is 5.30. The first-order valence-corrected chi connectivity index (χ1v) is 9.84. The average Bonchev–Trinajstić information content (AvgIpc) is 2.59. The predicted octanol–water partition coefficient (Wildman–Crippen LogP) is 5.42. The van der Waals surface area contributed by atoms with Crippen LogP contribution in [0.1, 0.15) is 23.6 Å². The third-order valence-electron chi connectivity index (χ3n) is 3.65. The summed E-state index contributed by atoms with van der Waals surface area (Å²) in [6.45, 7) is 4.40. The van der Waals surface area contributed by atoms with Crippen molar-refractivity contribution in [2.24, 2.45) is 0 Å². The molecule has 1 N–H and O–H groups in total. The Morgan fingerprint density at radius 3 is 2.67 bits per heavy atom. The van der Waals surface area contributed by atoms with Gasteiger partial charge >= 0.3 is 5.24 Å². The zero-order chi connectivity index (χ0) is 17.7. The maximum Gasteiger partial charge on any atom is 0.309 e. The number of hydrogen-bond acceptors (Lipinski definition) is 4. The molecule has 24 heavy (non-hydrogen) atoms. The molecule has 0 unspecified atom stereocenters. The van der Waals surface area contributed by atoms with Crippen molar-refractivity contribution in [1.82, 2.24) is 0 Å². The van der Waals surface area contributed by atoms with Gasteiger partial charge in [0, 0.05) is 9.13 Å². The molecule has 128 valence electrons. The molecule has 2 aromatic carbocycles. The highest BCUT2D eigenvalue weighted by Crippen LogP contribution is 2.27. The highest BCUT2D eigenvalue weighted by molar-refractivity contribution is 14.1. The number of nitrogens with zero attached hydrogens (tertiary/aromatic N) is 1. The molecular formula is C18H20INO3S. The van der Waals surface area contributed by atoms with Gasteiger partial charge in [-0.3, -0.25) is 10.0 Å². The van der Waals surface area contributed by atoms with Gasteiger partial charge in [-0.15, -0.1) is 0 Å². The lowest BCUT2D eigenvalue weighted by Gasteiger charge is -2.19. The molecule has 2 rings (SSSR count). The molecule has 0 saturated carbocycles. The van der Waals surface area contributed by atoms with Gasteiger partial charge in [0.1, 0.15) is 12.4 Å². The smallest absolute Gasteiger partial charge is 0.309 e. The van der Waals surface area contributed by atoms with Crippen LogP contribution in [0.5, 0.6) is 5.75 Å². The summed E-state index contributed by atoms with van der Waals surface area (Å²) in [5.41, 5.74) is 3.53. The number of anilines is 1. The lowest BCUT2D eigenvalue weighted by Crippen LogP contribution is -2.24. The van der Waals surface area contributed by atoms with Crippen molar-refractivity contribution in [3.8, 4) is 5.75 Å². The Morgan fingerprint density at radius 2 is 2.04 bits per heavy atom. The average molecular weight is 457 g/mol. The van der Waals surface area contributed by atoms with Gasteiger partial charge in [-0.25, -0.2) is 0 Å². The van der Waals surface area contributed by atoms with Crippen molar-refractivity contribution >= 4 is 45.3 Å². The third kappa shape index (κ3) is 4.64. The Balaban J connectivity index is 2.22. The second kappa shape index (κ2) is 8.73. The van der Waals surface area contributed by atoms with E-state index >= 15 is 0 Å². The third-order valence-corrected chi connectivity index (χ3v) is 4.85. The molecule has 0 aliphatic carbocycles. The molecule has 0 radical (unpaired) electrons. The number of hydroxylamine groups is 1. The van der Waals surface area contributed by atoms with E-state index in [0.717, 1.165) is 38.6 Å². The Bertz CT molecular complexity index is 736. The van der Waals surface area contributed by atoms with Crippen LogP contribution in [0.4, 0.5) is 10.5 Å². The molecule has 0 heterocycles. The lowest BCUT2D eigenvalue weighted by molar-refractivity contribution is 0.223. The van der Waals surface area contributed by atoms with E-state index in [-0.39, 0.29) is 6.61 Å². The van der Waals surface area contributed by atoms with E-state index in [1.165, 1.54) is 5.56 Å². The molecule has 0 fully saturated rings. The number of hydrogen-bond donors (Lipinski definition) is 1. The summed E-state index contributed by atoms with van der Waals surface area (Å²) in [6.07, 6.45) is 2.62. The minimum atomic E-state index is -0.429. The minimum absolute atomic E-state index is 0.275. The van der Waals surface area contributed by atoms with E-state index in [9.17, 15) is 10.0 Å². The number of benzene rings is 2. The van der Waals surface area contributed by atoms with Crippen molar-refractivity contribution in [2.75, 3.05) is 11.3 Å². The molecule has 6 heteroatoms. The molecule has 0 aliphatic heterocycles. The first-order valence-electron chi connectivity index (χ1n) is 7.54. The summed E-state index contributed by atoms with van der Waals surface area (Å²) in [7, 11) is 0. The summed E-state index contributed by atoms with van der Waals surface area (Å²) in [5.74, 6) is 0.803. The molecule has 2 aromatic rings. The molecule has 0 aromatic heterocycles. The number of rotatable bonds is 5. The standard InChI is InChI=1S/C18H20INO3S/c1-4-13-5-8-17(12(2)9-13)23-11-14-6-7-15(19)10-16(14)20(22)18(21)24-3/h5-10,22H,4,11H2,1-3H3. The highest BCUT2D eigenvalue weighted by Gasteiger charge is 2.17. The van der Waals surface area contributed by atoms with Crippen molar-refractivity contribution < 1.29 is 14.7 Å². The van der Waals surface area contributed by atoms with Crippen LogP contribution in [0.2, 0.25) is 0 Å². The quantitative estimate of drug-likeness (QED) is 0.370. The Morgan fingerprint density at radius 1 is 1.29 bits per heavy atom. The van der Waals surface area contributed by atoms with Gasteiger partial charge < -0.3 is 4.74 Å². The number of carbonyl (C=O) groups excluding carboxylic acids is 1. The van der Waals surface area contributed by atoms with Gasteiger partial charge in [-0.2, -0.15) is 5.06 Å². The molecule has 0 aliphatic rings. The van der Waals surface area contributed by atoms with Crippen molar-refractivity contribution in [2.45, 2.75) is 26.9 Å². The molecule has 0 saturated heterocycles. The van der Waals surface area contributed by atoms with Crippen LogP contribution in [-0.4, -0.2) is 16.7 Å². The molecular weight excluding hydrogens is 437 g/mol. The van der Waals surface area contributed by atoms with E-state index in [1.807, 2.05) is 31.2 Å². The van der Waals surface area contributed by atoms with Gasteiger partial charge in [0.05, 0.1) is 5.69 Å². The van der Waals surface area contributed by atoms with Crippen LogP contribution < -0.4 is 9.80 Å². The highest BCUT2D eigenvalue weighted by atomic mass is 127. The van der Waals surface area contributed by atoms with Crippen molar-refractivity contribution in [1.29, 1.82) is 0 Å². The maximum atomic E-state index is 11.8. The molecule has 4 nitrogen and oxygen atoms in total. The SMILES string of the molecule is CCc1ccc(OCc2ccc(I)cc2N(O)C(=O)SC)c(C)c1. The van der Waals surface area contributed by atoms with E-state index in [2.05, 4.69) is 35.6 Å². The Hall–Kier alpha value is -1.25. The topological polar surface area (TPSA) is 49.8 Å². The number of thioether (sulfide) groups is 1. The van der Waals surface area contributed by atoms with Crippen LogP contribution in [-0.2, 0) is 13.0 Å². The van der Waals surface area contributed by atoms with E-state index < -0.39 is 5.24 Å². The lowest BCUT2D eigenvalue weighted by atomic mass is 10.1. The Kier molecular flexibility index (Phi) is 6.94. The zero-order valence-corrected chi connectivity index (χ0v) is 16.8. The number of aryl methyl sites for hydroxylation is 2. The fourth-order valence-electron chi connectivity index (χ4n) is 2.29. The molecule has 0 bridgehead atoms. The van der Waals surface area contributed by atoms with Crippen LogP contribution >= 0.6 is 34.4 Å². The van der Waals surface area contributed by atoms with Gasteiger partial charge in [-0.1, -0.05) is 36.9 Å². The number of carbonyl (C=O) groups is 1. The number of halogens is 1. The van der Waals surface area contributed by atoms with Gasteiger partial charge in [0.2, 0.25) is 0 Å². The van der Waals surface area contributed by atoms with Crippen molar-refractivity contribution in [3.05, 3.63) is 56.7 Å². The normalized spacial score (nSPS) is 10.5. The summed E-state index contributed by atoms with van der Waals surface area (Å²) in [4.78, 5) is 11.8. The van der Waals surface area contributed by atoms with Gasteiger partial charge in [0.15, 0.2) is 0 Å². The molecule has 0 atom stereocenters. The minimum Gasteiger partial charge on any atom is -0.489 e. The largest absolute Gasteiger partial charge is 0.489 e. The van der Waals surface area contributed by atoms with E-state index in [0.29, 0.717) is 10.8 Å². The number of ether oxygens (including phenoxy) is 1. The summed E-state index contributed by atoms with van der Waals surface area (Å²) < 4.78 is 6.84. The van der Waals surface area contributed by atoms with E-state index in [4.69, 9.17) is 4.74 Å². The Labute approximate surface area is 160 Å². The first kappa shape index (κ1) is 19.1. The second-order valence-corrected chi connectivity index (χ2v) is 7.30. The van der Waals surface area contributed by atoms with Crippen LogP contribution in [0.15, 0.2) is 36.4 Å². The molecule has 1 amide bonds. The fourth-order valence-corrected chi connectivity index (χ4v) is 3.04. The van der Waals surface area contributed by atoms with E-state index in [1.54, 1.807) is 12.3 Å². The molecule has 0 spiro atoms. The summed E-state index contributed by atoms with van der Waals surface area (Å²) in [5, 5.41) is 10.4. The maximum absolute atomic E-state index is 11.8. The monoisotopic (exact) mass is 457 g/mol.